The molecule has 0 saturated carbocycles. The lowest BCUT2D eigenvalue weighted by Crippen LogP contribution is -2.24. The summed E-state index contributed by atoms with van der Waals surface area (Å²) in [6, 6.07) is 1.41. The Bertz CT molecular complexity index is 222. The van der Waals surface area contributed by atoms with Crippen LogP contribution in [0.15, 0.2) is 16.8 Å². The van der Waals surface area contributed by atoms with Crippen molar-refractivity contribution >= 4 is 5.91 Å². The van der Waals surface area contributed by atoms with Gasteiger partial charge < -0.3 is 9.84 Å². The van der Waals surface area contributed by atoms with E-state index >= 15 is 0 Å². The lowest BCUT2D eigenvalue weighted by molar-refractivity contribution is 0.0914. The number of hydrogen-bond donors (Lipinski definition) is 1. The molecular weight excluding hydrogens is 151 g/mol. The van der Waals surface area contributed by atoms with Crippen molar-refractivity contribution in [1.29, 1.82) is 0 Å². The molecule has 1 N–H and O–H groups in total. The van der Waals surface area contributed by atoms with E-state index in [1.165, 1.54) is 12.3 Å². The first-order valence-electron chi connectivity index (χ1n) is 3.09. The molecule has 0 spiro atoms. The van der Waals surface area contributed by atoms with Crippen molar-refractivity contribution in [3.05, 3.63) is 18.0 Å². The van der Waals surface area contributed by atoms with Gasteiger partial charge in [-0.2, -0.15) is 0 Å². The number of nitrogens with one attached hydrogen (secondary N) is 1. The van der Waals surface area contributed by atoms with Crippen LogP contribution < -0.4 is 5.32 Å². The molecule has 5 heteroatoms. The number of carbonyl (C=O) groups excluding carboxylic acids is 1. The van der Waals surface area contributed by atoms with Gasteiger partial charge in [-0.1, -0.05) is 5.16 Å². The topological polar surface area (TPSA) is 55.1 Å². The predicted molar refractivity (Wildman–Crippen MR) is 34.8 cm³/mol. The van der Waals surface area contributed by atoms with Crippen LogP contribution in [0.3, 0.4) is 0 Å². The molecule has 0 aliphatic heterocycles. The molecule has 1 aromatic heterocycles. The van der Waals surface area contributed by atoms with Crippen LogP contribution in [0.4, 0.5) is 4.39 Å². The number of hydrogen-bond acceptors (Lipinski definition) is 3. The molecule has 0 bridgehead atoms. The molecule has 0 saturated heterocycles. The van der Waals surface area contributed by atoms with E-state index in [2.05, 4.69) is 15.0 Å². The molecule has 60 valence electrons. The van der Waals surface area contributed by atoms with Gasteiger partial charge in [0.1, 0.15) is 6.67 Å². The Morgan fingerprint density at radius 1 is 1.82 bits per heavy atom. The summed E-state index contributed by atoms with van der Waals surface area (Å²) in [5.74, 6) is -0.349. The molecule has 0 unspecified atom stereocenters. The largest absolute Gasteiger partial charge is 0.351 e. The maximum absolute atomic E-state index is 11.5. The van der Waals surface area contributed by atoms with Crippen LogP contribution in [-0.2, 0) is 0 Å². The third-order valence-corrected chi connectivity index (χ3v) is 1.04. The van der Waals surface area contributed by atoms with Crippen molar-refractivity contribution in [1.82, 2.24) is 10.5 Å². The number of carbonyl (C=O) groups is 1. The molecule has 0 radical (unpaired) electrons. The van der Waals surface area contributed by atoms with Crippen molar-refractivity contribution < 1.29 is 13.7 Å². The van der Waals surface area contributed by atoms with E-state index < -0.39 is 12.6 Å². The fraction of sp³-hybridized carbons (Fsp3) is 0.333. The number of rotatable bonds is 3. The monoisotopic (exact) mass is 158 g/mol. The van der Waals surface area contributed by atoms with Crippen LogP contribution >= 0.6 is 0 Å². The quantitative estimate of drug-likeness (QED) is 0.691. The van der Waals surface area contributed by atoms with Gasteiger partial charge in [0.15, 0.2) is 0 Å². The normalized spacial score (nSPS) is 9.55. The van der Waals surface area contributed by atoms with Crippen molar-refractivity contribution in [2.75, 3.05) is 13.2 Å². The van der Waals surface area contributed by atoms with E-state index in [9.17, 15) is 9.18 Å². The minimum absolute atomic E-state index is 0.000463. The van der Waals surface area contributed by atoms with Gasteiger partial charge in [0.05, 0.1) is 6.20 Å². The summed E-state index contributed by atoms with van der Waals surface area (Å²) in [7, 11) is 0. The van der Waals surface area contributed by atoms with Gasteiger partial charge in [-0.3, -0.25) is 4.79 Å². The number of alkyl halides is 1. The molecule has 1 heterocycles. The highest BCUT2D eigenvalue weighted by Crippen LogP contribution is 1.94. The van der Waals surface area contributed by atoms with E-state index in [-0.39, 0.29) is 12.3 Å². The molecule has 0 fully saturated rings. The maximum atomic E-state index is 11.5. The average Bonchev–Trinajstić information content (AvgIpc) is 2.52. The summed E-state index contributed by atoms with van der Waals surface area (Å²) < 4.78 is 16.0. The summed E-state index contributed by atoms with van der Waals surface area (Å²) >= 11 is 0. The molecule has 0 aliphatic rings. The standard InChI is InChI=1S/C6H7FN2O2/c7-2-4-8-6(10)5-1-3-9-11-5/h1,3H,2,4H2,(H,8,10). The Kier molecular flexibility index (Phi) is 2.59. The van der Waals surface area contributed by atoms with Crippen LogP contribution in [0, 0.1) is 0 Å². The molecule has 1 amide bonds. The molecule has 0 atom stereocenters. The summed E-state index contributed by atoms with van der Waals surface area (Å²) in [4.78, 5) is 10.9. The van der Waals surface area contributed by atoms with E-state index in [4.69, 9.17) is 0 Å². The van der Waals surface area contributed by atoms with Crippen LogP contribution in [0.25, 0.3) is 0 Å². The van der Waals surface area contributed by atoms with Gasteiger partial charge in [0, 0.05) is 12.6 Å². The lowest BCUT2D eigenvalue weighted by Gasteiger charge is -1.95. The summed E-state index contributed by atoms with van der Waals surface area (Å²) in [5.41, 5.74) is 0. The average molecular weight is 158 g/mol. The molecule has 11 heavy (non-hydrogen) atoms. The number of aromatic nitrogens is 1. The third-order valence-electron chi connectivity index (χ3n) is 1.04. The van der Waals surface area contributed by atoms with E-state index in [1.54, 1.807) is 0 Å². The second-order valence-corrected chi connectivity index (χ2v) is 1.82. The SMILES string of the molecule is O=C(NCCF)c1ccno1. The zero-order valence-electron chi connectivity index (χ0n) is 5.71. The van der Waals surface area contributed by atoms with Crippen LogP contribution in [0.1, 0.15) is 10.6 Å². The highest BCUT2D eigenvalue weighted by atomic mass is 19.1. The second kappa shape index (κ2) is 3.70. The summed E-state index contributed by atoms with van der Waals surface area (Å²) in [6.45, 7) is -0.584. The zero-order valence-corrected chi connectivity index (χ0v) is 5.71. The number of halogens is 1. The van der Waals surface area contributed by atoms with Crippen molar-refractivity contribution in [2.45, 2.75) is 0 Å². The van der Waals surface area contributed by atoms with Crippen molar-refractivity contribution in [3.8, 4) is 0 Å². The molecule has 1 rings (SSSR count). The molecule has 4 nitrogen and oxygen atoms in total. The molecular formula is C6H7FN2O2. The van der Waals surface area contributed by atoms with Crippen LogP contribution in [0.2, 0.25) is 0 Å². The van der Waals surface area contributed by atoms with Crippen LogP contribution in [0.5, 0.6) is 0 Å². The smallest absolute Gasteiger partial charge is 0.289 e. The molecule has 0 aromatic carbocycles. The maximum Gasteiger partial charge on any atom is 0.289 e. The first kappa shape index (κ1) is 7.71. The minimum Gasteiger partial charge on any atom is -0.351 e. The van der Waals surface area contributed by atoms with E-state index in [0.29, 0.717) is 0 Å². The third kappa shape index (κ3) is 2.03. The predicted octanol–water partition coefficient (Wildman–Crippen LogP) is 0.374. The van der Waals surface area contributed by atoms with Gasteiger partial charge in [0.2, 0.25) is 5.76 Å². The number of nitrogens with zero attached hydrogens (tertiary/aromatic N) is 1. The summed E-state index contributed by atoms with van der Waals surface area (Å²) in [6.07, 6.45) is 1.35. The Morgan fingerprint density at radius 3 is 3.18 bits per heavy atom. The fourth-order valence-electron chi connectivity index (χ4n) is 0.581. The molecule has 0 aliphatic carbocycles. The Labute approximate surface area is 62.4 Å². The second-order valence-electron chi connectivity index (χ2n) is 1.82. The molecule has 1 aromatic rings. The van der Waals surface area contributed by atoms with Gasteiger partial charge in [-0.15, -0.1) is 0 Å². The minimum atomic E-state index is -0.583. The zero-order chi connectivity index (χ0) is 8.10. The lowest BCUT2D eigenvalue weighted by atomic mass is 10.4. The number of amides is 1. The first-order chi connectivity index (χ1) is 5.34. The fourth-order valence-corrected chi connectivity index (χ4v) is 0.581. The van der Waals surface area contributed by atoms with E-state index in [0.717, 1.165) is 0 Å². The van der Waals surface area contributed by atoms with Crippen molar-refractivity contribution in [3.63, 3.8) is 0 Å². The van der Waals surface area contributed by atoms with Gasteiger partial charge in [-0.25, -0.2) is 4.39 Å². The van der Waals surface area contributed by atoms with Crippen molar-refractivity contribution in [2.24, 2.45) is 0 Å². The van der Waals surface area contributed by atoms with Gasteiger partial charge >= 0.3 is 0 Å². The highest BCUT2D eigenvalue weighted by Gasteiger charge is 2.07. The first-order valence-corrected chi connectivity index (χ1v) is 3.09. The Hall–Kier alpha value is -1.39. The summed E-state index contributed by atoms with van der Waals surface area (Å²) in [5, 5.41) is 5.61. The van der Waals surface area contributed by atoms with Crippen LogP contribution in [-0.4, -0.2) is 24.3 Å². The van der Waals surface area contributed by atoms with Gasteiger partial charge in [-0.05, 0) is 0 Å². The highest BCUT2D eigenvalue weighted by molar-refractivity contribution is 5.91. The van der Waals surface area contributed by atoms with Gasteiger partial charge in [0.25, 0.3) is 5.91 Å². The van der Waals surface area contributed by atoms with E-state index in [1.807, 2.05) is 0 Å². The Balaban J connectivity index is 2.43. The Morgan fingerprint density at radius 2 is 2.64 bits per heavy atom.